The van der Waals surface area contributed by atoms with Gasteiger partial charge in [0.05, 0.1) is 17.6 Å². The average molecular weight is 369 g/mol. The zero-order valence-corrected chi connectivity index (χ0v) is 16.4. The lowest BCUT2D eigenvalue weighted by Crippen LogP contribution is -2.34. The Morgan fingerprint density at radius 1 is 1.30 bits per heavy atom. The number of carbonyl (C=O) groups excluding carboxylic acids is 2. The van der Waals surface area contributed by atoms with Crippen LogP contribution in [0.4, 0.5) is 5.69 Å². The quantitative estimate of drug-likeness (QED) is 0.754. The van der Waals surface area contributed by atoms with Crippen LogP contribution in [0, 0.1) is 5.41 Å². The summed E-state index contributed by atoms with van der Waals surface area (Å²) < 4.78 is 5.07. The predicted molar refractivity (Wildman–Crippen MR) is 106 cm³/mol. The summed E-state index contributed by atoms with van der Waals surface area (Å²) in [5.41, 5.74) is 8.47. The van der Waals surface area contributed by atoms with E-state index in [0.29, 0.717) is 30.8 Å². The standard InChI is InChI=1S/C21H27N3O3/c1-20(2)10-16-18(17(25)11-20)21(3,12-24-16)13-5-6-14(19(22)26)15(9-13)23-7-8-27-4/h5-6,9,12,23H,7-8,10-11H2,1-4H3,(H2,22,26). The van der Waals surface area contributed by atoms with Crippen molar-refractivity contribution in [2.45, 2.75) is 39.0 Å². The number of primary amides is 1. The number of nitrogens with two attached hydrogens (primary N) is 1. The number of Topliss-reactive ketones (excluding diaryl/α,β-unsaturated/α-hetero) is 1. The molecule has 1 unspecified atom stereocenters. The van der Waals surface area contributed by atoms with E-state index in [2.05, 4.69) is 24.2 Å². The Morgan fingerprint density at radius 3 is 2.70 bits per heavy atom. The zero-order valence-electron chi connectivity index (χ0n) is 16.4. The van der Waals surface area contributed by atoms with Crippen molar-refractivity contribution in [3.05, 3.63) is 40.6 Å². The first-order chi connectivity index (χ1) is 12.7. The van der Waals surface area contributed by atoms with Gasteiger partial charge in [0.15, 0.2) is 5.78 Å². The van der Waals surface area contributed by atoms with Crippen molar-refractivity contribution >= 4 is 23.6 Å². The molecule has 0 saturated carbocycles. The molecule has 1 aromatic rings. The number of methoxy groups -OCH3 is 1. The second-order valence-corrected chi connectivity index (χ2v) is 8.27. The van der Waals surface area contributed by atoms with Gasteiger partial charge in [0.2, 0.25) is 0 Å². The molecule has 0 bridgehead atoms. The minimum atomic E-state index is -0.600. The molecule has 1 aromatic carbocycles. The largest absolute Gasteiger partial charge is 0.383 e. The van der Waals surface area contributed by atoms with Gasteiger partial charge in [-0.1, -0.05) is 19.9 Å². The highest BCUT2D eigenvalue weighted by molar-refractivity contribution is 6.07. The Bertz CT molecular complexity index is 854. The summed E-state index contributed by atoms with van der Waals surface area (Å²) in [7, 11) is 1.62. The molecule has 0 spiro atoms. The second kappa shape index (κ2) is 6.93. The molecule has 0 aromatic heterocycles. The summed E-state index contributed by atoms with van der Waals surface area (Å²) in [5.74, 6) is -0.351. The number of hydrogen-bond donors (Lipinski definition) is 2. The average Bonchev–Trinajstić information content (AvgIpc) is 2.91. The Kier molecular flexibility index (Phi) is 4.95. The number of anilines is 1. The van der Waals surface area contributed by atoms with E-state index in [-0.39, 0.29) is 11.2 Å². The van der Waals surface area contributed by atoms with E-state index in [1.807, 2.05) is 25.3 Å². The number of hydrogen-bond acceptors (Lipinski definition) is 5. The van der Waals surface area contributed by atoms with Crippen molar-refractivity contribution in [1.29, 1.82) is 0 Å². The van der Waals surface area contributed by atoms with Crippen LogP contribution in [-0.4, -0.2) is 38.2 Å². The van der Waals surface area contributed by atoms with E-state index < -0.39 is 11.3 Å². The first-order valence-electron chi connectivity index (χ1n) is 9.17. The van der Waals surface area contributed by atoms with Gasteiger partial charge in [0.1, 0.15) is 0 Å². The highest BCUT2D eigenvalue weighted by Gasteiger charge is 2.45. The lowest BCUT2D eigenvalue weighted by Gasteiger charge is -2.34. The molecule has 1 heterocycles. The highest BCUT2D eigenvalue weighted by atomic mass is 16.5. The molecular weight excluding hydrogens is 342 g/mol. The smallest absolute Gasteiger partial charge is 0.250 e. The Hall–Kier alpha value is -2.47. The lowest BCUT2D eigenvalue weighted by atomic mass is 9.68. The predicted octanol–water partition coefficient (Wildman–Crippen LogP) is 2.83. The van der Waals surface area contributed by atoms with Crippen LogP contribution in [0.2, 0.25) is 0 Å². The van der Waals surface area contributed by atoms with Crippen LogP contribution in [0.25, 0.3) is 0 Å². The van der Waals surface area contributed by atoms with Crippen molar-refractivity contribution in [3.8, 4) is 0 Å². The number of allylic oxidation sites excluding steroid dienone is 2. The first kappa shape index (κ1) is 19.3. The minimum absolute atomic E-state index is 0.0683. The summed E-state index contributed by atoms with van der Waals surface area (Å²) in [6, 6.07) is 5.46. The third-order valence-electron chi connectivity index (χ3n) is 5.36. The molecule has 144 valence electrons. The van der Waals surface area contributed by atoms with Gasteiger partial charge in [-0.2, -0.15) is 0 Å². The Morgan fingerprint density at radius 2 is 2.04 bits per heavy atom. The van der Waals surface area contributed by atoms with Gasteiger partial charge in [-0.15, -0.1) is 0 Å². The van der Waals surface area contributed by atoms with Crippen molar-refractivity contribution < 1.29 is 14.3 Å². The molecule has 3 rings (SSSR count). The summed E-state index contributed by atoms with van der Waals surface area (Å²) in [5, 5.41) is 3.20. The number of ketones is 1. The van der Waals surface area contributed by atoms with Crippen molar-refractivity contribution in [3.63, 3.8) is 0 Å². The fraction of sp³-hybridized carbons (Fsp3) is 0.476. The minimum Gasteiger partial charge on any atom is -0.383 e. The van der Waals surface area contributed by atoms with Gasteiger partial charge in [-0.25, -0.2) is 0 Å². The normalized spacial score (nSPS) is 23.5. The molecule has 1 atom stereocenters. The molecule has 0 radical (unpaired) electrons. The lowest BCUT2D eigenvalue weighted by molar-refractivity contribution is -0.118. The molecule has 1 amide bonds. The number of carbonyl (C=O) groups is 2. The monoisotopic (exact) mass is 369 g/mol. The van der Waals surface area contributed by atoms with Crippen molar-refractivity contribution in [1.82, 2.24) is 0 Å². The van der Waals surface area contributed by atoms with Crippen LogP contribution in [-0.2, 0) is 14.9 Å². The zero-order chi connectivity index (χ0) is 19.8. The van der Waals surface area contributed by atoms with Gasteiger partial charge in [0.25, 0.3) is 5.91 Å². The van der Waals surface area contributed by atoms with Gasteiger partial charge < -0.3 is 15.8 Å². The Balaban J connectivity index is 2.02. The van der Waals surface area contributed by atoms with Crippen molar-refractivity contribution in [2.24, 2.45) is 16.1 Å². The molecule has 2 aliphatic rings. The van der Waals surface area contributed by atoms with Gasteiger partial charge in [-0.05, 0) is 36.5 Å². The SMILES string of the molecule is COCCNc1cc(C2(C)C=NC3=C2C(=O)CC(C)(C)C3)ccc1C(N)=O. The maximum atomic E-state index is 12.9. The molecule has 1 aliphatic heterocycles. The van der Waals surface area contributed by atoms with Crippen LogP contribution >= 0.6 is 0 Å². The van der Waals surface area contributed by atoms with Crippen LogP contribution in [0.3, 0.4) is 0 Å². The number of rotatable bonds is 6. The first-order valence-corrected chi connectivity index (χ1v) is 9.17. The molecule has 6 nitrogen and oxygen atoms in total. The Labute approximate surface area is 159 Å². The summed E-state index contributed by atoms with van der Waals surface area (Å²) in [6.45, 7) is 7.25. The molecular formula is C21H27N3O3. The van der Waals surface area contributed by atoms with E-state index in [0.717, 1.165) is 23.3 Å². The van der Waals surface area contributed by atoms with E-state index in [9.17, 15) is 9.59 Å². The fourth-order valence-electron chi connectivity index (χ4n) is 3.99. The summed E-state index contributed by atoms with van der Waals surface area (Å²) in [4.78, 5) is 29.3. The molecule has 27 heavy (non-hydrogen) atoms. The molecule has 1 aliphatic carbocycles. The number of aliphatic imine (C=N–C) groups is 1. The second-order valence-electron chi connectivity index (χ2n) is 8.27. The van der Waals surface area contributed by atoms with E-state index in [4.69, 9.17) is 10.5 Å². The number of nitrogens with one attached hydrogen (secondary N) is 1. The van der Waals surface area contributed by atoms with E-state index in [1.165, 1.54) is 0 Å². The highest BCUT2D eigenvalue weighted by Crippen LogP contribution is 2.47. The third kappa shape index (κ3) is 3.54. The van der Waals surface area contributed by atoms with Crippen LogP contribution < -0.4 is 11.1 Å². The summed E-state index contributed by atoms with van der Waals surface area (Å²) >= 11 is 0. The fourth-order valence-corrected chi connectivity index (χ4v) is 3.99. The van der Waals surface area contributed by atoms with Gasteiger partial charge >= 0.3 is 0 Å². The number of ether oxygens (including phenoxy) is 1. The third-order valence-corrected chi connectivity index (χ3v) is 5.36. The molecule has 0 fully saturated rings. The topological polar surface area (TPSA) is 93.8 Å². The molecule has 3 N–H and O–H groups in total. The van der Waals surface area contributed by atoms with Gasteiger partial charge in [0, 0.05) is 43.2 Å². The van der Waals surface area contributed by atoms with Crippen LogP contribution in [0.5, 0.6) is 0 Å². The van der Waals surface area contributed by atoms with Gasteiger partial charge in [-0.3, -0.25) is 14.6 Å². The van der Waals surface area contributed by atoms with E-state index >= 15 is 0 Å². The maximum absolute atomic E-state index is 12.9. The maximum Gasteiger partial charge on any atom is 0.250 e. The number of amides is 1. The van der Waals surface area contributed by atoms with Crippen molar-refractivity contribution in [2.75, 3.05) is 25.6 Å². The van der Waals surface area contributed by atoms with Crippen LogP contribution in [0.1, 0.15) is 49.5 Å². The van der Waals surface area contributed by atoms with E-state index in [1.54, 1.807) is 13.2 Å². The van der Waals surface area contributed by atoms with Crippen LogP contribution in [0.15, 0.2) is 34.5 Å². The number of nitrogens with zero attached hydrogens (tertiary/aromatic N) is 1. The molecule has 6 heteroatoms. The number of benzene rings is 1. The summed E-state index contributed by atoms with van der Waals surface area (Å²) in [6.07, 6.45) is 3.16. The molecule has 0 saturated heterocycles.